The topological polar surface area (TPSA) is 46.3 Å². The van der Waals surface area contributed by atoms with E-state index < -0.39 is 0 Å². The third-order valence-electron chi connectivity index (χ3n) is 2.00. The zero-order chi connectivity index (χ0) is 12.3. The van der Waals surface area contributed by atoms with Gasteiger partial charge in [0.05, 0.1) is 5.25 Å². The summed E-state index contributed by atoms with van der Waals surface area (Å²) in [5.74, 6) is -0.389. The highest BCUT2D eigenvalue weighted by Gasteiger charge is 2.16. The fourth-order valence-corrected chi connectivity index (χ4v) is 2.38. The molecule has 0 spiro atoms. The number of nitrogens with two attached hydrogens (primary N) is 1. The molecule has 1 aromatic rings. The minimum atomic E-state index is -0.382. The van der Waals surface area contributed by atoms with Crippen molar-refractivity contribution >= 4 is 23.4 Å². The lowest BCUT2D eigenvalue weighted by molar-refractivity contribution is -0.127. The number of carbonyl (C=O) groups is 1. The first-order valence-electron chi connectivity index (χ1n) is 4.84. The highest BCUT2D eigenvalue weighted by atomic mass is 32.2. The second-order valence-corrected chi connectivity index (χ2v) is 5.13. The molecule has 1 atom stereocenters. The minimum absolute atomic E-state index is 0.00664. The van der Waals surface area contributed by atoms with Crippen LogP contribution in [0.4, 0.5) is 10.1 Å². The maximum absolute atomic E-state index is 13.0. The maximum Gasteiger partial charge on any atom is 0.235 e. The predicted molar refractivity (Wildman–Crippen MR) is 64.8 cm³/mol. The van der Waals surface area contributed by atoms with Crippen LogP contribution >= 0.6 is 11.8 Å². The first-order chi connectivity index (χ1) is 7.40. The Labute approximate surface area is 98.8 Å². The molecule has 1 unspecified atom stereocenters. The average molecular weight is 242 g/mol. The first-order valence-corrected chi connectivity index (χ1v) is 5.72. The summed E-state index contributed by atoms with van der Waals surface area (Å²) < 4.78 is 13.0. The van der Waals surface area contributed by atoms with E-state index in [1.54, 1.807) is 27.1 Å². The fraction of sp³-hybridized carbons (Fsp3) is 0.364. The van der Waals surface area contributed by atoms with E-state index in [-0.39, 0.29) is 17.0 Å². The van der Waals surface area contributed by atoms with Crippen molar-refractivity contribution in [3.8, 4) is 0 Å². The maximum atomic E-state index is 13.0. The Bertz CT molecular complexity index is 375. The Morgan fingerprint density at radius 3 is 2.56 bits per heavy atom. The van der Waals surface area contributed by atoms with Crippen molar-refractivity contribution in [1.82, 2.24) is 4.90 Å². The summed E-state index contributed by atoms with van der Waals surface area (Å²) in [5, 5.41) is -0.254. The molecule has 0 aromatic heterocycles. The smallest absolute Gasteiger partial charge is 0.235 e. The normalized spacial score (nSPS) is 12.2. The molecule has 3 nitrogen and oxygen atoms in total. The Morgan fingerprint density at radius 2 is 2.06 bits per heavy atom. The standard InChI is InChI=1S/C11H15FN2OS/c1-7(11(15)14(2)3)16-10-5-8(12)4-9(13)6-10/h4-7H,13H2,1-3H3. The molecule has 0 heterocycles. The van der Waals surface area contributed by atoms with Crippen molar-refractivity contribution in [2.24, 2.45) is 0 Å². The highest BCUT2D eigenvalue weighted by Crippen LogP contribution is 2.26. The SMILES string of the molecule is CC(Sc1cc(N)cc(F)c1)C(=O)N(C)C. The van der Waals surface area contributed by atoms with Crippen LogP contribution in [0.3, 0.4) is 0 Å². The van der Waals surface area contributed by atoms with Gasteiger partial charge in [-0.05, 0) is 25.1 Å². The van der Waals surface area contributed by atoms with Crippen LogP contribution in [0.1, 0.15) is 6.92 Å². The summed E-state index contributed by atoms with van der Waals surface area (Å²) in [6.45, 7) is 1.79. The molecule has 0 radical (unpaired) electrons. The van der Waals surface area contributed by atoms with Gasteiger partial charge in [0, 0.05) is 24.7 Å². The lowest BCUT2D eigenvalue weighted by atomic mass is 10.3. The van der Waals surface area contributed by atoms with Gasteiger partial charge in [0.2, 0.25) is 5.91 Å². The van der Waals surface area contributed by atoms with Crippen molar-refractivity contribution in [1.29, 1.82) is 0 Å². The van der Waals surface area contributed by atoms with Gasteiger partial charge >= 0.3 is 0 Å². The molecule has 5 heteroatoms. The van der Waals surface area contributed by atoms with E-state index in [0.29, 0.717) is 10.6 Å². The van der Waals surface area contributed by atoms with Crippen LogP contribution in [0, 0.1) is 5.82 Å². The van der Waals surface area contributed by atoms with E-state index in [0.717, 1.165) is 0 Å². The van der Waals surface area contributed by atoms with E-state index in [4.69, 9.17) is 5.73 Å². The molecule has 0 aliphatic heterocycles. The summed E-state index contributed by atoms with van der Waals surface area (Å²) >= 11 is 1.30. The average Bonchev–Trinajstić information content (AvgIpc) is 2.14. The van der Waals surface area contributed by atoms with Crippen LogP contribution in [-0.2, 0) is 4.79 Å². The molecule has 1 rings (SSSR count). The Kier molecular flexibility index (Phi) is 4.18. The number of hydrogen-bond donors (Lipinski definition) is 1. The van der Waals surface area contributed by atoms with E-state index in [1.807, 2.05) is 0 Å². The van der Waals surface area contributed by atoms with Crippen molar-refractivity contribution in [3.63, 3.8) is 0 Å². The minimum Gasteiger partial charge on any atom is -0.399 e. The van der Waals surface area contributed by atoms with E-state index in [1.165, 1.54) is 28.8 Å². The molecule has 0 fully saturated rings. The number of thioether (sulfide) groups is 1. The number of carbonyl (C=O) groups excluding carboxylic acids is 1. The quantitative estimate of drug-likeness (QED) is 0.651. The second kappa shape index (κ2) is 5.21. The Morgan fingerprint density at radius 1 is 1.44 bits per heavy atom. The number of anilines is 1. The lowest BCUT2D eigenvalue weighted by Crippen LogP contribution is -2.29. The van der Waals surface area contributed by atoms with Crippen LogP contribution < -0.4 is 5.73 Å². The first kappa shape index (κ1) is 12.8. The zero-order valence-electron chi connectivity index (χ0n) is 9.53. The van der Waals surface area contributed by atoms with Crippen molar-refractivity contribution < 1.29 is 9.18 Å². The van der Waals surface area contributed by atoms with Crippen molar-refractivity contribution in [2.75, 3.05) is 19.8 Å². The van der Waals surface area contributed by atoms with E-state index in [9.17, 15) is 9.18 Å². The predicted octanol–water partition coefficient (Wildman–Crippen LogP) is 1.98. The molecule has 88 valence electrons. The number of hydrogen-bond acceptors (Lipinski definition) is 3. The summed E-state index contributed by atoms with van der Waals surface area (Å²) in [6.07, 6.45) is 0. The number of benzene rings is 1. The molecule has 0 bridgehead atoms. The molecular weight excluding hydrogens is 227 g/mol. The third kappa shape index (κ3) is 3.41. The van der Waals surface area contributed by atoms with Gasteiger partial charge in [-0.25, -0.2) is 4.39 Å². The fourth-order valence-electron chi connectivity index (χ4n) is 1.27. The number of nitrogens with zero attached hydrogens (tertiary/aromatic N) is 1. The van der Waals surface area contributed by atoms with Gasteiger partial charge in [0.1, 0.15) is 5.82 Å². The molecule has 0 aliphatic carbocycles. The van der Waals surface area contributed by atoms with Crippen LogP contribution in [0.5, 0.6) is 0 Å². The highest BCUT2D eigenvalue weighted by molar-refractivity contribution is 8.00. The van der Waals surface area contributed by atoms with Crippen LogP contribution in [0.25, 0.3) is 0 Å². The molecule has 1 amide bonds. The van der Waals surface area contributed by atoms with Crippen LogP contribution in [0.15, 0.2) is 23.1 Å². The van der Waals surface area contributed by atoms with Gasteiger partial charge in [-0.3, -0.25) is 4.79 Å². The van der Waals surface area contributed by atoms with Gasteiger partial charge in [-0.15, -0.1) is 11.8 Å². The van der Waals surface area contributed by atoms with E-state index >= 15 is 0 Å². The zero-order valence-corrected chi connectivity index (χ0v) is 10.3. The third-order valence-corrected chi connectivity index (χ3v) is 3.06. The summed E-state index contributed by atoms with van der Waals surface area (Å²) in [4.78, 5) is 13.8. The number of amides is 1. The molecular formula is C11H15FN2OS. The molecule has 0 aliphatic rings. The Hall–Kier alpha value is -1.23. The van der Waals surface area contributed by atoms with Gasteiger partial charge in [0.15, 0.2) is 0 Å². The molecule has 0 saturated carbocycles. The van der Waals surface area contributed by atoms with Crippen molar-refractivity contribution in [2.45, 2.75) is 17.1 Å². The summed E-state index contributed by atoms with van der Waals surface area (Å²) in [7, 11) is 3.39. The summed E-state index contributed by atoms with van der Waals surface area (Å²) in [6, 6.07) is 4.29. The second-order valence-electron chi connectivity index (χ2n) is 3.71. The van der Waals surface area contributed by atoms with E-state index in [2.05, 4.69) is 0 Å². The van der Waals surface area contributed by atoms with Gasteiger partial charge in [-0.2, -0.15) is 0 Å². The monoisotopic (exact) mass is 242 g/mol. The van der Waals surface area contributed by atoms with Crippen LogP contribution in [-0.4, -0.2) is 30.2 Å². The van der Waals surface area contributed by atoms with Gasteiger partial charge in [0.25, 0.3) is 0 Å². The Balaban J connectivity index is 2.76. The molecule has 16 heavy (non-hydrogen) atoms. The number of halogens is 1. The number of rotatable bonds is 3. The molecule has 0 saturated heterocycles. The largest absolute Gasteiger partial charge is 0.399 e. The molecule has 1 aromatic carbocycles. The van der Waals surface area contributed by atoms with Crippen molar-refractivity contribution in [3.05, 3.63) is 24.0 Å². The molecule has 2 N–H and O–H groups in total. The summed E-state index contributed by atoms with van der Waals surface area (Å²) in [5.41, 5.74) is 5.89. The van der Waals surface area contributed by atoms with Crippen LogP contribution in [0.2, 0.25) is 0 Å². The van der Waals surface area contributed by atoms with Gasteiger partial charge in [-0.1, -0.05) is 0 Å². The van der Waals surface area contributed by atoms with Gasteiger partial charge < -0.3 is 10.6 Å². The lowest BCUT2D eigenvalue weighted by Gasteiger charge is -2.16. The number of nitrogen functional groups attached to an aromatic ring is 1.